The number of fused-ring (bicyclic) bond motifs is 1. The molecule has 0 radical (unpaired) electrons. The van der Waals surface area contributed by atoms with Crippen LogP contribution < -0.4 is 4.90 Å². The molecular formula is C19H19N3O4S. The lowest BCUT2D eigenvalue weighted by atomic mass is 10.2. The Kier molecular flexibility index (Phi) is 4.27. The van der Waals surface area contributed by atoms with Crippen molar-refractivity contribution < 1.29 is 18.3 Å². The van der Waals surface area contributed by atoms with E-state index in [4.69, 9.17) is 5.11 Å². The Morgan fingerprint density at radius 3 is 2.33 bits per heavy atom. The molecule has 8 heteroatoms. The molecule has 1 amide bonds. The molecule has 140 valence electrons. The van der Waals surface area contributed by atoms with E-state index in [1.54, 1.807) is 36.4 Å². The second kappa shape index (κ2) is 6.62. The molecule has 2 aromatic carbocycles. The summed E-state index contributed by atoms with van der Waals surface area (Å²) < 4.78 is 26.0. The molecule has 7 nitrogen and oxygen atoms in total. The van der Waals surface area contributed by atoms with E-state index in [1.807, 2.05) is 12.1 Å². The van der Waals surface area contributed by atoms with E-state index in [0.717, 1.165) is 11.2 Å². The molecule has 1 fully saturated rings. The number of rotatable bonds is 3. The zero-order valence-corrected chi connectivity index (χ0v) is 15.3. The zero-order valence-electron chi connectivity index (χ0n) is 14.5. The lowest BCUT2D eigenvalue weighted by molar-refractivity contribution is 0.142. The van der Waals surface area contributed by atoms with Crippen LogP contribution in [0.25, 0.3) is 10.9 Å². The minimum Gasteiger partial charge on any atom is -0.465 e. The Morgan fingerprint density at radius 2 is 1.67 bits per heavy atom. The molecule has 0 atom stereocenters. The molecule has 1 aromatic heterocycles. The average Bonchev–Trinajstić information content (AvgIpc) is 3.14. The predicted octanol–water partition coefficient (Wildman–Crippen LogP) is 2.80. The number of aromatic nitrogens is 1. The third-order valence-electron chi connectivity index (χ3n) is 4.89. The number of hydrogen-bond donors (Lipinski definition) is 2. The first-order chi connectivity index (χ1) is 13.0. The molecule has 1 aliphatic rings. The highest BCUT2D eigenvalue weighted by Crippen LogP contribution is 2.33. The number of benzene rings is 2. The molecular weight excluding hydrogens is 366 g/mol. The molecule has 0 spiro atoms. The Balaban J connectivity index is 1.72. The molecule has 4 rings (SSSR count). The van der Waals surface area contributed by atoms with Crippen molar-refractivity contribution in [2.75, 3.05) is 31.1 Å². The van der Waals surface area contributed by atoms with Crippen molar-refractivity contribution in [1.82, 2.24) is 9.88 Å². The van der Waals surface area contributed by atoms with Crippen LogP contribution in [0.15, 0.2) is 64.5 Å². The maximum atomic E-state index is 13.0. The van der Waals surface area contributed by atoms with E-state index in [-0.39, 0.29) is 9.79 Å². The molecule has 1 saturated heterocycles. The van der Waals surface area contributed by atoms with Crippen LogP contribution in [0.1, 0.15) is 0 Å². The lowest BCUT2D eigenvalue weighted by Crippen LogP contribution is -2.48. The number of hydrogen-bond acceptors (Lipinski definition) is 4. The van der Waals surface area contributed by atoms with Gasteiger partial charge < -0.3 is 19.9 Å². The third kappa shape index (κ3) is 3.02. The van der Waals surface area contributed by atoms with E-state index in [2.05, 4.69) is 9.88 Å². The highest BCUT2D eigenvalue weighted by molar-refractivity contribution is 7.91. The van der Waals surface area contributed by atoms with Gasteiger partial charge in [-0.25, -0.2) is 13.2 Å². The maximum absolute atomic E-state index is 13.0. The maximum Gasteiger partial charge on any atom is 0.407 e. The van der Waals surface area contributed by atoms with Gasteiger partial charge in [-0.05, 0) is 18.2 Å². The molecule has 2 N–H and O–H groups in total. The summed E-state index contributed by atoms with van der Waals surface area (Å²) in [6.07, 6.45) is 0.619. The standard InChI is InChI=1S/C19H19N3O4S/c23-19(24)22-11-9-21(10-12-22)16-8-4-7-15-17(13-20-18(15)16)27(25,26)14-5-2-1-3-6-14/h1-8,13,20H,9-12H2,(H,23,24). The van der Waals surface area contributed by atoms with Gasteiger partial charge in [0, 0.05) is 37.8 Å². The van der Waals surface area contributed by atoms with Gasteiger partial charge >= 0.3 is 6.09 Å². The van der Waals surface area contributed by atoms with Gasteiger partial charge in [0.1, 0.15) is 0 Å². The van der Waals surface area contributed by atoms with Gasteiger partial charge in [-0.2, -0.15) is 0 Å². The highest BCUT2D eigenvalue weighted by atomic mass is 32.2. The normalized spacial score (nSPS) is 15.3. The number of H-pyrrole nitrogens is 1. The SMILES string of the molecule is O=C(O)N1CCN(c2cccc3c(S(=O)(=O)c4ccccc4)c[nH]c23)CC1. The predicted molar refractivity (Wildman–Crippen MR) is 102 cm³/mol. The number of nitrogens with one attached hydrogen (secondary N) is 1. The third-order valence-corrected chi connectivity index (χ3v) is 6.70. The van der Waals surface area contributed by atoms with Gasteiger partial charge in [-0.15, -0.1) is 0 Å². The van der Waals surface area contributed by atoms with Crippen LogP contribution in [0, 0.1) is 0 Å². The van der Waals surface area contributed by atoms with Gasteiger partial charge in [0.25, 0.3) is 0 Å². The Morgan fingerprint density at radius 1 is 0.963 bits per heavy atom. The molecule has 0 unspecified atom stereocenters. The van der Waals surface area contributed by atoms with Crippen LogP contribution in [0.2, 0.25) is 0 Å². The quantitative estimate of drug-likeness (QED) is 0.723. The van der Waals surface area contributed by atoms with Crippen molar-refractivity contribution in [2.24, 2.45) is 0 Å². The van der Waals surface area contributed by atoms with Crippen LogP contribution in [0.4, 0.5) is 10.5 Å². The fraction of sp³-hybridized carbons (Fsp3) is 0.211. The van der Waals surface area contributed by atoms with E-state index >= 15 is 0 Å². The topological polar surface area (TPSA) is 93.7 Å². The summed E-state index contributed by atoms with van der Waals surface area (Å²) in [6, 6.07) is 13.9. The Labute approximate surface area is 156 Å². The minimum absolute atomic E-state index is 0.245. The first-order valence-electron chi connectivity index (χ1n) is 8.61. The van der Waals surface area contributed by atoms with Gasteiger partial charge in [0.05, 0.1) is 21.0 Å². The summed E-state index contributed by atoms with van der Waals surface area (Å²) >= 11 is 0. The summed E-state index contributed by atoms with van der Waals surface area (Å²) in [6.45, 7) is 1.96. The fourth-order valence-corrected chi connectivity index (χ4v) is 4.91. The van der Waals surface area contributed by atoms with Crippen molar-refractivity contribution in [3.8, 4) is 0 Å². The van der Waals surface area contributed by atoms with Gasteiger partial charge in [0.2, 0.25) is 9.84 Å². The Bertz CT molecular complexity index is 1080. The van der Waals surface area contributed by atoms with Crippen LogP contribution in [0.3, 0.4) is 0 Å². The number of anilines is 1. The number of para-hydroxylation sites is 1. The summed E-state index contributed by atoms with van der Waals surface area (Å²) in [5.41, 5.74) is 1.63. The average molecular weight is 385 g/mol. The van der Waals surface area contributed by atoms with Crippen molar-refractivity contribution >= 4 is 32.5 Å². The number of sulfone groups is 1. The number of amides is 1. The number of piperazine rings is 1. The van der Waals surface area contributed by atoms with Gasteiger partial charge in [-0.1, -0.05) is 30.3 Å². The van der Waals surface area contributed by atoms with E-state index in [0.29, 0.717) is 31.6 Å². The van der Waals surface area contributed by atoms with Crippen molar-refractivity contribution in [3.63, 3.8) is 0 Å². The monoisotopic (exact) mass is 385 g/mol. The van der Waals surface area contributed by atoms with E-state index < -0.39 is 15.9 Å². The molecule has 3 aromatic rings. The largest absolute Gasteiger partial charge is 0.465 e. The molecule has 0 bridgehead atoms. The Hall–Kier alpha value is -3.00. The zero-order chi connectivity index (χ0) is 19.0. The van der Waals surface area contributed by atoms with Crippen molar-refractivity contribution in [2.45, 2.75) is 9.79 Å². The minimum atomic E-state index is -3.63. The fourth-order valence-electron chi connectivity index (χ4n) is 3.46. The van der Waals surface area contributed by atoms with E-state index in [1.165, 1.54) is 11.1 Å². The second-order valence-electron chi connectivity index (χ2n) is 6.43. The first kappa shape index (κ1) is 17.4. The van der Waals surface area contributed by atoms with Crippen LogP contribution in [0.5, 0.6) is 0 Å². The number of carboxylic acid groups (broad SMARTS) is 1. The highest BCUT2D eigenvalue weighted by Gasteiger charge is 2.25. The smallest absolute Gasteiger partial charge is 0.407 e. The number of carbonyl (C=O) groups is 1. The van der Waals surface area contributed by atoms with Gasteiger partial charge in [0.15, 0.2) is 0 Å². The molecule has 27 heavy (non-hydrogen) atoms. The summed E-state index contributed by atoms with van der Waals surface area (Å²) in [4.78, 5) is 18.2. The summed E-state index contributed by atoms with van der Waals surface area (Å²) in [5, 5.41) is 9.74. The van der Waals surface area contributed by atoms with Crippen molar-refractivity contribution in [3.05, 3.63) is 54.7 Å². The van der Waals surface area contributed by atoms with Crippen LogP contribution >= 0.6 is 0 Å². The number of nitrogens with zero attached hydrogens (tertiary/aromatic N) is 2. The van der Waals surface area contributed by atoms with Crippen molar-refractivity contribution in [1.29, 1.82) is 0 Å². The molecule has 1 aliphatic heterocycles. The molecule has 0 aliphatic carbocycles. The number of aromatic amines is 1. The van der Waals surface area contributed by atoms with Crippen LogP contribution in [-0.4, -0.2) is 55.7 Å². The van der Waals surface area contributed by atoms with E-state index in [9.17, 15) is 13.2 Å². The summed E-state index contributed by atoms with van der Waals surface area (Å²) in [7, 11) is -3.63. The second-order valence-corrected chi connectivity index (χ2v) is 8.34. The first-order valence-corrected chi connectivity index (χ1v) is 10.1. The lowest BCUT2D eigenvalue weighted by Gasteiger charge is -2.34. The van der Waals surface area contributed by atoms with Crippen LogP contribution in [-0.2, 0) is 9.84 Å². The summed E-state index contributed by atoms with van der Waals surface area (Å²) in [5.74, 6) is 0. The van der Waals surface area contributed by atoms with Gasteiger partial charge in [-0.3, -0.25) is 0 Å². The molecule has 0 saturated carbocycles. The molecule has 2 heterocycles.